The van der Waals surface area contributed by atoms with Crippen LogP contribution in [0.5, 0.6) is 0 Å². The minimum Gasteiger partial charge on any atom is -0.468 e. The summed E-state index contributed by atoms with van der Waals surface area (Å²) in [6, 6.07) is 11.9. The number of benzene rings is 1. The average molecular weight is 424 g/mol. The number of hydrogen-bond acceptors (Lipinski definition) is 4. The summed E-state index contributed by atoms with van der Waals surface area (Å²) in [6.45, 7) is 3.29. The maximum atomic E-state index is 13.0. The minimum atomic E-state index is -0.00579. The van der Waals surface area contributed by atoms with Gasteiger partial charge in [0.05, 0.1) is 19.4 Å². The van der Waals surface area contributed by atoms with Gasteiger partial charge in [-0.2, -0.15) is 0 Å². The molecule has 31 heavy (non-hydrogen) atoms. The molecule has 6 heteroatoms. The van der Waals surface area contributed by atoms with Gasteiger partial charge in [0.1, 0.15) is 5.76 Å². The van der Waals surface area contributed by atoms with Crippen molar-refractivity contribution < 1.29 is 14.0 Å². The molecule has 2 aromatic rings. The monoisotopic (exact) mass is 423 g/mol. The van der Waals surface area contributed by atoms with Crippen LogP contribution in [0.2, 0.25) is 0 Å². The van der Waals surface area contributed by atoms with Gasteiger partial charge in [0.15, 0.2) is 0 Å². The van der Waals surface area contributed by atoms with Crippen LogP contribution in [0.15, 0.2) is 47.1 Å². The van der Waals surface area contributed by atoms with Crippen molar-refractivity contribution in [3.05, 3.63) is 59.5 Å². The Balaban J connectivity index is 1.39. The van der Waals surface area contributed by atoms with Gasteiger partial charge in [0.25, 0.3) is 5.91 Å². The third-order valence-electron chi connectivity index (χ3n) is 6.06. The van der Waals surface area contributed by atoms with Crippen LogP contribution in [-0.2, 0) is 17.9 Å². The van der Waals surface area contributed by atoms with Gasteiger partial charge in [-0.1, -0.05) is 31.4 Å². The first-order chi connectivity index (χ1) is 15.2. The summed E-state index contributed by atoms with van der Waals surface area (Å²) in [4.78, 5) is 29.4. The van der Waals surface area contributed by atoms with Crippen LogP contribution in [0.1, 0.15) is 66.6 Å². The topological polar surface area (TPSA) is 65.8 Å². The van der Waals surface area contributed by atoms with E-state index in [9.17, 15) is 9.59 Å². The maximum Gasteiger partial charge on any atom is 0.251 e. The second kappa shape index (κ2) is 10.6. The highest BCUT2D eigenvalue weighted by molar-refractivity contribution is 5.94. The highest BCUT2D eigenvalue weighted by Crippen LogP contribution is 2.20. The number of carbonyl (C=O) groups excluding carboxylic acids is 2. The third-order valence-corrected chi connectivity index (χ3v) is 6.06. The van der Waals surface area contributed by atoms with E-state index >= 15 is 0 Å². The molecule has 1 saturated carbocycles. The molecule has 1 saturated heterocycles. The predicted molar refractivity (Wildman–Crippen MR) is 119 cm³/mol. The first-order valence-corrected chi connectivity index (χ1v) is 11.6. The summed E-state index contributed by atoms with van der Waals surface area (Å²) in [6.07, 6.45) is 9.71. The molecule has 2 amide bonds. The lowest BCUT2D eigenvalue weighted by atomic mass is 10.1. The zero-order valence-electron chi connectivity index (χ0n) is 18.2. The highest BCUT2D eigenvalue weighted by atomic mass is 16.3. The van der Waals surface area contributed by atoms with Crippen molar-refractivity contribution in [2.75, 3.05) is 19.6 Å². The van der Waals surface area contributed by atoms with Crippen LogP contribution >= 0.6 is 0 Å². The van der Waals surface area contributed by atoms with E-state index in [4.69, 9.17) is 4.42 Å². The molecular formula is C25H33N3O3. The number of nitrogens with zero attached hydrogens (tertiary/aromatic N) is 2. The van der Waals surface area contributed by atoms with Crippen LogP contribution < -0.4 is 5.32 Å². The Morgan fingerprint density at radius 1 is 0.968 bits per heavy atom. The van der Waals surface area contributed by atoms with Gasteiger partial charge in [-0.3, -0.25) is 14.5 Å². The Kier molecular flexibility index (Phi) is 7.41. The molecule has 2 aliphatic rings. The van der Waals surface area contributed by atoms with Crippen LogP contribution in [-0.4, -0.2) is 47.3 Å². The predicted octanol–water partition coefficient (Wildman–Crippen LogP) is 3.97. The van der Waals surface area contributed by atoms with Crippen molar-refractivity contribution in [2.24, 2.45) is 0 Å². The Bertz CT molecular complexity index is 835. The van der Waals surface area contributed by atoms with E-state index in [-0.39, 0.29) is 11.8 Å². The first-order valence-electron chi connectivity index (χ1n) is 11.6. The summed E-state index contributed by atoms with van der Waals surface area (Å²) in [5.41, 5.74) is 1.76. The van der Waals surface area contributed by atoms with Crippen molar-refractivity contribution in [2.45, 2.75) is 64.1 Å². The molecular weight excluding hydrogens is 390 g/mol. The molecule has 1 aromatic heterocycles. The number of carbonyl (C=O) groups is 2. The lowest BCUT2D eigenvalue weighted by Crippen LogP contribution is -2.41. The second-order valence-electron chi connectivity index (χ2n) is 8.82. The van der Waals surface area contributed by atoms with Crippen molar-refractivity contribution >= 4 is 11.8 Å². The summed E-state index contributed by atoms with van der Waals surface area (Å²) < 4.78 is 5.54. The molecule has 1 aliphatic heterocycles. The summed E-state index contributed by atoms with van der Waals surface area (Å²) in [7, 11) is 0. The van der Waals surface area contributed by atoms with Crippen LogP contribution in [0.25, 0.3) is 0 Å². The number of likely N-dealkylation sites (tertiary alicyclic amines) is 1. The Morgan fingerprint density at radius 3 is 2.32 bits per heavy atom. The molecule has 0 unspecified atom stereocenters. The normalized spacial score (nSPS) is 17.3. The summed E-state index contributed by atoms with van der Waals surface area (Å²) in [5.74, 6) is 1.03. The van der Waals surface area contributed by atoms with Gasteiger partial charge in [-0.15, -0.1) is 0 Å². The first kappa shape index (κ1) is 21.6. The molecule has 4 rings (SSSR count). The molecule has 1 aliphatic carbocycles. The molecule has 0 spiro atoms. The van der Waals surface area contributed by atoms with Crippen LogP contribution in [0.4, 0.5) is 0 Å². The van der Waals surface area contributed by atoms with Crippen molar-refractivity contribution in [3.63, 3.8) is 0 Å². The third kappa shape index (κ3) is 6.69. The van der Waals surface area contributed by atoms with E-state index in [0.29, 0.717) is 31.2 Å². The van der Waals surface area contributed by atoms with E-state index in [0.717, 1.165) is 50.1 Å². The SMILES string of the molecule is O=C(NC1CC1)c1ccc(CN(CC(=O)N2CCCCCCC2)Cc2ccco2)cc1. The number of nitrogens with one attached hydrogen (secondary N) is 1. The highest BCUT2D eigenvalue weighted by Gasteiger charge is 2.24. The van der Waals surface area contributed by atoms with Gasteiger partial charge in [-0.25, -0.2) is 0 Å². The molecule has 2 fully saturated rings. The zero-order chi connectivity index (χ0) is 21.5. The Hall–Kier alpha value is -2.60. The van der Waals surface area contributed by atoms with Gasteiger partial charge >= 0.3 is 0 Å². The van der Waals surface area contributed by atoms with Crippen LogP contribution in [0.3, 0.4) is 0 Å². The largest absolute Gasteiger partial charge is 0.468 e. The standard InChI is InChI=1S/C25H33N3O3/c29-24(28-14-4-2-1-3-5-15-28)19-27(18-23-7-6-16-31-23)17-20-8-10-21(11-9-20)25(30)26-22-12-13-22/h6-11,16,22H,1-5,12-15,17-19H2,(H,26,30). The number of furan rings is 1. The lowest BCUT2D eigenvalue weighted by Gasteiger charge is -2.28. The van der Waals surface area contributed by atoms with Crippen LogP contribution in [0, 0.1) is 0 Å². The zero-order valence-corrected chi connectivity index (χ0v) is 18.2. The second-order valence-corrected chi connectivity index (χ2v) is 8.82. The summed E-state index contributed by atoms with van der Waals surface area (Å²) >= 11 is 0. The smallest absolute Gasteiger partial charge is 0.251 e. The molecule has 166 valence electrons. The number of hydrogen-bond donors (Lipinski definition) is 1. The van der Waals surface area contributed by atoms with Gasteiger partial charge < -0.3 is 14.6 Å². The van der Waals surface area contributed by atoms with E-state index in [1.54, 1.807) is 6.26 Å². The molecule has 6 nitrogen and oxygen atoms in total. The molecule has 0 bridgehead atoms. The molecule has 0 atom stereocenters. The van der Waals surface area contributed by atoms with E-state index in [1.165, 1.54) is 19.3 Å². The number of amides is 2. The minimum absolute atomic E-state index is 0.00579. The lowest BCUT2D eigenvalue weighted by molar-refractivity contribution is -0.133. The fourth-order valence-electron chi connectivity index (χ4n) is 4.09. The van der Waals surface area contributed by atoms with Crippen molar-refractivity contribution in [1.82, 2.24) is 15.1 Å². The van der Waals surface area contributed by atoms with E-state index in [2.05, 4.69) is 10.2 Å². The molecule has 1 N–H and O–H groups in total. The Morgan fingerprint density at radius 2 is 1.68 bits per heavy atom. The molecule has 1 aromatic carbocycles. The quantitative estimate of drug-likeness (QED) is 0.698. The van der Waals surface area contributed by atoms with Gasteiger partial charge in [-0.05, 0) is 55.5 Å². The fourth-order valence-corrected chi connectivity index (χ4v) is 4.09. The average Bonchev–Trinajstić information content (AvgIpc) is 3.40. The fraction of sp³-hybridized carbons (Fsp3) is 0.520. The van der Waals surface area contributed by atoms with E-state index < -0.39 is 0 Å². The van der Waals surface area contributed by atoms with Crippen molar-refractivity contribution in [3.8, 4) is 0 Å². The van der Waals surface area contributed by atoms with Crippen molar-refractivity contribution in [1.29, 1.82) is 0 Å². The summed E-state index contributed by atoms with van der Waals surface area (Å²) in [5, 5.41) is 3.02. The number of rotatable bonds is 8. The molecule has 0 radical (unpaired) electrons. The maximum absolute atomic E-state index is 13.0. The van der Waals surface area contributed by atoms with Gasteiger partial charge in [0.2, 0.25) is 5.91 Å². The Labute approximate surface area is 184 Å². The van der Waals surface area contributed by atoms with Gasteiger partial charge in [0, 0.05) is 31.2 Å². The molecule has 2 heterocycles. The van der Waals surface area contributed by atoms with E-state index in [1.807, 2.05) is 41.3 Å².